The van der Waals surface area contributed by atoms with Crippen LogP contribution in [0.5, 0.6) is 0 Å². The molecule has 0 bridgehead atoms. The van der Waals surface area contributed by atoms with Crippen LogP contribution in [0.1, 0.15) is 30.5 Å². The summed E-state index contributed by atoms with van der Waals surface area (Å²) in [6, 6.07) is 4.19. The fourth-order valence-corrected chi connectivity index (χ4v) is 2.10. The van der Waals surface area contributed by atoms with Gasteiger partial charge in [0.25, 0.3) is 0 Å². The molecule has 0 spiro atoms. The standard InChI is InChI=1S/C14H21N5/c1-3-5-16-13(12-9-18-19(2)10-12)7-11-4-6-17-14(15)8-11/h4,6,8-10,13,16H,3,5,7H2,1-2H3,(H2,15,17). The van der Waals surface area contributed by atoms with Crippen LogP contribution in [0.2, 0.25) is 0 Å². The average Bonchev–Trinajstić information content (AvgIpc) is 2.81. The minimum absolute atomic E-state index is 0.260. The maximum atomic E-state index is 5.73. The highest BCUT2D eigenvalue weighted by atomic mass is 15.2. The molecule has 2 aromatic heterocycles. The number of nitrogens with two attached hydrogens (primary N) is 1. The van der Waals surface area contributed by atoms with Gasteiger partial charge in [-0.25, -0.2) is 4.98 Å². The molecule has 0 aromatic carbocycles. The summed E-state index contributed by atoms with van der Waals surface area (Å²) in [7, 11) is 1.94. The van der Waals surface area contributed by atoms with Gasteiger partial charge in [-0.3, -0.25) is 4.68 Å². The molecule has 0 amide bonds. The molecule has 2 heterocycles. The van der Waals surface area contributed by atoms with Crippen LogP contribution >= 0.6 is 0 Å². The molecule has 102 valence electrons. The number of nitrogens with zero attached hydrogens (tertiary/aromatic N) is 3. The Morgan fingerprint density at radius 2 is 2.32 bits per heavy atom. The van der Waals surface area contributed by atoms with Crippen LogP contribution in [0, 0.1) is 0 Å². The van der Waals surface area contributed by atoms with Crippen molar-refractivity contribution in [2.75, 3.05) is 12.3 Å². The second kappa shape index (κ2) is 6.33. The summed E-state index contributed by atoms with van der Waals surface area (Å²) in [5.41, 5.74) is 8.11. The molecule has 0 radical (unpaired) electrons. The lowest BCUT2D eigenvalue weighted by Crippen LogP contribution is -2.23. The van der Waals surface area contributed by atoms with Crippen LogP contribution in [0.25, 0.3) is 0 Å². The van der Waals surface area contributed by atoms with Crippen LogP contribution in [0.4, 0.5) is 5.82 Å². The van der Waals surface area contributed by atoms with E-state index in [0.29, 0.717) is 5.82 Å². The van der Waals surface area contributed by atoms with E-state index in [-0.39, 0.29) is 6.04 Å². The molecule has 0 saturated heterocycles. The van der Waals surface area contributed by atoms with Crippen LogP contribution in [0.15, 0.2) is 30.7 Å². The minimum Gasteiger partial charge on any atom is -0.384 e. The van der Waals surface area contributed by atoms with Crippen molar-refractivity contribution in [3.8, 4) is 0 Å². The number of nitrogens with one attached hydrogen (secondary N) is 1. The number of nitrogen functional groups attached to an aromatic ring is 1. The minimum atomic E-state index is 0.260. The molecular formula is C14H21N5. The molecule has 0 saturated carbocycles. The number of hydrogen-bond donors (Lipinski definition) is 2. The number of rotatable bonds is 6. The predicted molar refractivity (Wildman–Crippen MR) is 76.6 cm³/mol. The first-order valence-corrected chi connectivity index (χ1v) is 6.61. The second-order valence-corrected chi connectivity index (χ2v) is 4.75. The quantitative estimate of drug-likeness (QED) is 0.828. The molecule has 1 atom stereocenters. The monoisotopic (exact) mass is 259 g/mol. The average molecular weight is 259 g/mol. The Labute approximate surface area is 113 Å². The molecule has 0 aliphatic rings. The number of pyridine rings is 1. The van der Waals surface area contributed by atoms with Gasteiger partial charge in [0.05, 0.1) is 6.20 Å². The van der Waals surface area contributed by atoms with Crippen LogP contribution in [-0.2, 0) is 13.5 Å². The number of aromatic nitrogens is 3. The molecule has 2 aromatic rings. The molecule has 1 unspecified atom stereocenters. The van der Waals surface area contributed by atoms with E-state index < -0.39 is 0 Å². The van der Waals surface area contributed by atoms with Gasteiger partial charge in [-0.15, -0.1) is 0 Å². The van der Waals surface area contributed by atoms with Crippen molar-refractivity contribution in [1.29, 1.82) is 0 Å². The lowest BCUT2D eigenvalue weighted by Gasteiger charge is -2.17. The van der Waals surface area contributed by atoms with Gasteiger partial charge in [0.1, 0.15) is 5.82 Å². The van der Waals surface area contributed by atoms with Crippen LogP contribution in [-0.4, -0.2) is 21.3 Å². The summed E-state index contributed by atoms with van der Waals surface area (Å²) in [6.45, 7) is 3.15. The molecule has 0 fully saturated rings. The maximum absolute atomic E-state index is 5.73. The Morgan fingerprint density at radius 3 is 2.95 bits per heavy atom. The largest absolute Gasteiger partial charge is 0.384 e. The molecule has 5 nitrogen and oxygen atoms in total. The van der Waals surface area contributed by atoms with E-state index in [0.717, 1.165) is 19.4 Å². The second-order valence-electron chi connectivity index (χ2n) is 4.75. The van der Waals surface area contributed by atoms with Gasteiger partial charge in [-0.2, -0.15) is 5.10 Å². The first-order valence-electron chi connectivity index (χ1n) is 6.61. The zero-order valence-electron chi connectivity index (χ0n) is 11.5. The third-order valence-electron chi connectivity index (χ3n) is 3.05. The van der Waals surface area contributed by atoms with Crippen LogP contribution < -0.4 is 11.1 Å². The van der Waals surface area contributed by atoms with Crippen molar-refractivity contribution >= 4 is 5.82 Å². The Balaban J connectivity index is 2.13. The van der Waals surface area contributed by atoms with Gasteiger partial charge in [0.15, 0.2) is 0 Å². The lowest BCUT2D eigenvalue weighted by molar-refractivity contribution is 0.529. The van der Waals surface area contributed by atoms with E-state index >= 15 is 0 Å². The van der Waals surface area contributed by atoms with E-state index in [1.807, 2.05) is 30.1 Å². The van der Waals surface area contributed by atoms with Crippen LogP contribution in [0.3, 0.4) is 0 Å². The van der Waals surface area contributed by atoms with Crippen molar-refractivity contribution in [1.82, 2.24) is 20.1 Å². The highest BCUT2D eigenvalue weighted by Gasteiger charge is 2.13. The SMILES string of the molecule is CCCNC(Cc1ccnc(N)c1)c1cnn(C)c1. The summed E-state index contributed by atoms with van der Waals surface area (Å²) >= 11 is 0. The van der Waals surface area contributed by atoms with Gasteiger partial charge >= 0.3 is 0 Å². The first kappa shape index (κ1) is 13.5. The van der Waals surface area contributed by atoms with Crippen molar-refractivity contribution < 1.29 is 0 Å². The predicted octanol–water partition coefficient (Wildman–Crippen LogP) is 1.68. The number of hydrogen-bond acceptors (Lipinski definition) is 4. The Kier molecular flexibility index (Phi) is 4.52. The lowest BCUT2D eigenvalue weighted by atomic mass is 10.0. The maximum Gasteiger partial charge on any atom is 0.123 e. The summed E-state index contributed by atoms with van der Waals surface area (Å²) in [5.74, 6) is 0.568. The normalized spacial score (nSPS) is 12.5. The smallest absolute Gasteiger partial charge is 0.123 e. The summed E-state index contributed by atoms with van der Waals surface area (Å²) < 4.78 is 1.83. The van der Waals surface area contributed by atoms with E-state index in [9.17, 15) is 0 Å². The van der Waals surface area contributed by atoms with Crippen molar-refractivity contribution in [3.05, 3.63) is 41.9 Å². The molecule has 0 aliphatic heterocycles. The van der Waals surface area contributed by atoms with Crippen molar-refractivity contribution in [2.24, 2.45) is 7.05 Å². The van der Waals surface area contributed by atoms with Crippen molar-refractivity contribution in [3.63, 3.8) is 0 Å². The molecule has 2 rings (SSSR count). The van der Waals surface area contributed by atoms with Gasteiger partial charge < -0.3 is 11.1 Å². The molecule has 3 N–H and O–H groups in total. The van der Waals surface area contributed by atoms with E-state index in [2.05, 4.69) is 28.5 Å². The van der Waals surface area contributed by atoms with Gasteiger partial charge in [0.2, 0.25) is 0 Å². The molecule has 0 aliphatic carbocycles. The molecular weight excluding hydrogens is 238 g/mol. The third kappa shape index (κ3) is 3.79. The molecule has 5 heteroatoms. The van der Waals surface area contributed by atoms with Gasteiger partial charge in [0, 0.05) is 31.0 Å². The third-order valence-corrected chi connectivity index (χ3v) is 3.05. The fourth-order valence-electron chi connectivity index (χ4n) is 2.10. The zero-order chi connectivity index (χ0) is 13.7. The van der Waals surface area contributed by atoms with E-state index in [4.69, 9.17) is 5.73 Å². The highest BCUT2D eigenvalue weighted by Crippen LogP contribution is 2.18. The number of aryl methyl sites for hydroxylation is 1. The molecule has 19 heavy (non-hydrogen) atoms. The van der Waals surface area contributed by atoms with E-state index in [1.165, 1.54) is 11.1 Å². The Morgan fingerprint density at radius 1 is 1.47 bits per heavy atom. The van der Waals surface area contributed by atoms with Gasteiger partial charge in [-0.05, 0) is 37.1 Å². The number of anilines is 1. The summed E-state index contributed by atoms with van der Waals surface area (Å²) in [4.78, 5) is 4.03. The van der Waals surface area contributed by atoms with Gasteiger partial charge in [-0.1, -0.05) is 6.92 Å². The topological polar surface area (TPSA) is 68.8 Å². The zero-order valence-corrected chi connectivity index (χ0v) is 11.5. The summed E-state index contributed by atoms with van der Waals surface area (Å²) in [6.07, 6.45) is 7.72. The Bertz CT molecular complexity index is 520. The highest BCUT2D eigenvalue weighted by molar-refractivity contribution is 5.32. The first-order chi connectivity index (χ1) is 9.19. The van der Waals surface area contributed by atoms with Crippen molar-refractivity contribution in [2.45, 2.75) is 25.8 Å². The summed E-state index contributed by atoms with van der Waals surface area (Å²) in [5, 5.41) is 7.80. The van der Waals surface area contributed by atoms with E-state index in [1.54, 1.807) is 6.20 Å². The fraction of sp³-hybridized carbons (Fsp3) is 0.429. The Hall–Kier alpha value is -1.88.